The van der Waals surface area contributed by atoms with Gasteiger partial charge in [0.25, 0.3) is 5.78 Å². The zero-order valence-electron chi connectivity index (χ0n) is 21.3. The number of thiazole rings is 1. The number of benzene rings is 2. The first-order valence-corrected chi connectivity index (χ1v) is 12.8. The number of aliphatic hydroxyl groups excluding tert-OH is 1. The molecule has 1 amide bonds. The number of carbonyl (C=O) groups excluding carboxylic acids is 2. The van der Waals surface area contributed by atoms with Crippen LogP contribution in [0.3, 0.4) is 0 Å². The normalized spacial score (nSPS) is 17.2. The first-order valence-electron chi connectivity index (χ1n) is 12.0. The van der Waals surface area contributed by atoms with Crippen molar-refractivity contribution in [1.82, 2.24) is 9.97 Å². The molecule has 0 spiro atoms. The number of rotatable bonds is 5. The molecule has 2 aromatic carbocycles. The number of fused-ring (bicyclic) bond motifs is 1. The number of ketones is 1. The van der Waals surface area contributed by atoms with Crippen molar-refractivity contribution in [3.05, 3.63) is 88.2 Å². The maximum absolute atomic E-state index is 13.5. The van der Waals surface area contributed by atoms with Crippen LogP contribution >= 0.6 is 11.3 Å². The van der Waals surface area contributed by atoms with E-state index >= 15 is 0 Å². The number of ether oxygens (including phenoxy) is 1. The zero-order chi connectivity index (χ0) is 26.4. The Balaban J connectivity index is 1.74. The lowest BCUT2D eigenvalue weighted by molar-refractivity contribution is -0.132. The SMILES string of the molecule is COc1c(C)cc(C)cc1/C(O)=C1\C(=O)C(=O)N(c2nc3ccc(C(C)C)cc3s2)C1c1ccccn1. The van der Waals surface area contributed by atoms with Gasteiger partial charge in [0.2, 0.25) is 0 Å². The Kier molecular flexibility index (Phi) is 6.29. The Bertz CT molecular complexity index is 1570. The highest BCUT2D eigenvalue weighted by atomic mass is 32.1. The number of carbonyl (C=O) groups is 2. The Morgan fingerprint density at radius 1 is 1.11 bits per heavy atom. The Morgan fingerprint density at radius 2 is 1.89 bits per heavy atom. The van der Waals surface area contributed by atoms with Gasteiger partial charge in [-0.3, -0.25) is 19.5 Å². The lowest BCUT2D eigenvalue weighted by Gasteiger charge is -2.22. The van der Waals surface area contributed by atoms with E-state index in [2.05, 4.69) is 24.9 Å². The number of methoxy groups -OCH3 is 1. The smallest absolute Gasteiger partial charge is 0.301 e. The number of anilines is 1. The standard InChI is InChI=1S/C29H27N3O4S/c1-15(2)18-9-10-20-22(14-18)37-29(31-20)32-24(21-8-6-7-11-30-21)23(26(34)28(32)35)25(33)19-13-16(3)12-17(4)27(19)36-5/h6-15,24,33H,1-5H3/b25-23+. The van der Waals surface area contributed by atoms with Crippen LogP contribution in [0, 0.1) is 13.8 Å². The second-order valence-electron chi connectivity index (χ2n) is 9.46. The van der Waals surface area contributed by atoms with Gasteiger partial charge in [-0.25, -0.2) is 4.98 Å². The van der Waals surface area contributed by atoms with Gasteiger partial charge >= 0.3 is 5.91 Å². The Morgan fingerprint density at radius 3 is 2.57 bits per heavy atom. The summed E-state index contributed by atoms with van der Waals surface area (Å²) in [5.74, 6) is -1.08. The zero-order valence-corrected chi connectivity index (χ0v) is 22.1. The fourth-order valence-electron chi connectivity index (χ4n) is 4.78. The van der Waals surface area contributed by atoms with Crippen molar-refractivity contribution >= 4 is 44.1 Å². The number of amides is 1. The van der Waals surface area contributed by atoms with E-state index in [-0.39, 0.29) is 11.3 Å². The Labute approximate surface area is 219 Å². The number of nitrogens with zero attached hydrogens (tertiary/aromatic N) is 3. The number of Topliss-reactive ketones (excluding diaryl/α,β-unsaturated/α-hetero) is 1. The number of hydrogen-bond acceptors (Lipinski definition) is 7. The molecule has 1 N–H and O–H groups in total. The summed E-state index contributed by atoms with van der Waals surface area (Å²) in [4.78, 5) is 37.5. The van der Waals surface area contributed by atoms with Crippen molar-refractivity contribution in [1.29, 1.82) is 0 Å². The molecule has 1 atom stereocenters. The topological polar surface area (TPSA) is 92.6 Å². The van der Waals surface area contributed by atoms with Crippen LogP contribution in [0.1, 0.15) is 53.8 Å². The molecular weight excluding hydrogens is 486 g/mol. The minimum absolute atomic E-state index is 0.0471. The summed E-state index contributed by atoms with van der Waals surface area (Å²) in [6, 6.07) is 14.0. The summed E-state index contributed by atoms with van der Waals surface area (Å²) in [5.41, 5.74) is 4.35. The van der Waals surface area contributed by atoms with E-state index in [1.807, 2.05) is 32.0 Å². The number of aryl methyl sites for hydroxylation is 2. The second-order valence-corrected chi connectivity index (χ2v) is 10.5. The van der Waals surface area contributed by atoms with Crippen molar-refractivity contribution in [2.75, 3.05) is 12.0 Å². The highest BCUT2D eigenvalue weighted by molar-refractivity contribution is 7.22. The monoisotopic (exact) mass is 513 g/mol. The summed E-state index contributed by atoms with van der Waals surface area (Å²) in [5, 5.41) is 11.9. The summed E-state index contributed by atoms with van der Waals surface area (Å²) < 4.78 is 6.48. The lowest BCUT2D eigenvalue weighted by atomic mass is 9.96. The molecule has 2 aromatic heterocycles. The van der Waals surface area contributed by atoms with Crippen LogP contribution in [0.25, 0.3) is 16.0 Å². The highest BCUT2D eigenvalue weighted by Crippen LogP contribution is 2.45. The van der Waals surface area contributed by atoms with Crippen LogP contribution in [-0.4, -0.2) is 33.9 Å². The molecule has 7 nitrogen and oxygen atoms in total. The van der Waals surface area contributed by atoms with E-state index in [1.165, 1.54) is 23.3 Å². The summed E-state index contributed by atoms with van der Waals surface area (Å²) in [6.45, 7) is 7.99. The van der Waals surface area contributed by atoms with Gasteiger partial charge in [0.15, 0.2) is 5.13 Å². The molecule has 1 unspecified atom stereocenters. The molecule has 0 radical (unpaired) electrons. The minimum atomic E-state index is -0.947. The van der Waals surface area contributed by atoms with Crippen LogP contribution in [0.4, 0.5) is 5.13 Å². The van der Waals surface area contributed by atoms with Crippen LogP contribution < -0.4 is 9.64 Å². The third-order valence-corrected chi connectivity index (χ3v) is 7.58. The van der Waals surface area contributed by atoms with Gasteiger partial charge in [0.1, 0.15) is 17.6 Å². The molecule has 5 rings (SSSR count). The van der Waals surface area contributed by atoms with Gasteiger partial charge in [-0.05, 0) is 66.8 Å². The first kappa shape index (κ1) is 24.6. The third-order valence-electron chi connectivity index (χ3n) is 6.56. The van der Waals surface area contributed by atoms with Crippen molar-refractivity contribution in [2.24, 2.45) is 0 Å². The van der Waals surface area contributed by atoms with E-state index < -0.39 is 17.7 Å². The van der Waals surface area contributed by atoms with Gasteiger partial charge in [0.05, 0.1) is 34.2 Å². The van der Waals surface area contributed by atoms with Crippen LogP contribution in [0.5, 0.6) is 5.75 Å². The van der Waals surface area contributed by atoms with Gasteiger partial charge in [-0.1, -0.05) is 43.4 Å². The molecule has 1 aliphatic rings. The van der Waals surface area contributed by atoms with E-state index in [0.29, 0.717) is 28.1 Å². The molecule has 37 heavy (non-hydrogen) atoms. The predicted molar refractivity (Wildman–Crippen MR) is 145 cm³/mol. The molecule has 1 aliphatic heterocycles. The number of aliphatic hydroxyl groups is 1. The maximum atomic E-state index is 13.5. The molecule has 3 heterocycles. The summed E-state index contributed by atoms with van der Waals surface area (Å²) in [6.07, 6.45) is 1.60. The van der Waals surface area contributed by atoms with E-state index in [1.54, 1.807) is 30.5 Å². The molecule has 0 saturated carbocycles. The van der Waals surface area contributed by atoms with Gasteiger partial charge in [-0.15, -0.1) is 0 Å². The largest absolute Gasteiger partial charge is 0.507 e. The average Bonchev–Trinajstić information content (AvgIpc) is 3.41. The second kappa shape index (κ2) is 9.44. The molecule has 1 saturated heterocycles. The van der Waals surface area contributed by atoms with Crippen molar-refractivity contribution < 1.29 is 19.4 Å². The fourth-order valence-corrected chi connectivity index (χ4v) is 5.83. The summed E-state index contributed by atoms with van der Waals surface area (Å²) >= 11 is 1.34. The first-order chi connectivity index (χ1) is 17.7. The maximum Gasteiger partial charge on any atom is 0.301 e. The fraction of sp³-hybridized carbons (Fsp3) is 0.241. The molecule has 0 bridgehead atoms. The van der Waals surface area contributed by atoms with Crippen LogP contribution in [-0.2, 0) is 9.59 Å². The van der Waals surface area contributed by atoms with Gasteiger partial charge in [-0.2, -0.15) is 0 Å². The minimum Gasteiger partial charge on any atom is -0.507 e. The Hall–Kier alpha value is -4.04. The van der Waals surface area contributed by atoms with Crippen molar-refractivity contribution in [3.8, 4) is 5.75 Å². The van der Waals surface area contributed by atoms with Gasteiger partial charge < -0.3 is 9.84 Å². The van der Waals surface area contributed by atoms with E-state index in [9.17, 15) is 14.7 Å². The van der Waals surface area contributed by atoms with E-state index in [0.717, 1.165) is 26.9 Å². The van der Waals surface area contributed by atoms with Crippen molar-refractivity contribution in [3.63, 3.8) is 0 Å². The molecule has 8 heteroatoms. The molecule has 4 aromatic rings. The number of aromatic nitrogens is 2. The molecule has 1 fully saturated rings. The number of hydrogen-bond donors (Lipinski definition) is 1. The third kappa shape index (κ3) is 4.17. The molecule has 0 aliphatic carbocycles. The molecule has 188 valence electrons. The van der Waals surface area contributed by atoms with Crippen LogP contribution in [0.2, 0.25) is 0 Å². The average molecular weight is 514 g/mol. The quantitative estimate of drug-likeness (QED) is 0.198. The van der Waals surface area contributed by atoms with Crippen LogP contribution in [0.15, 0.2) is 60.3 Å². The summed E-state index contributed by atoms with van der Waals surface area (Å²) in [7, 11) is 1.51. The lowest BCUT2D eigenvalue weighted by Crippen LogP contribution is -2.29. The van der Waals surface area contributed by atoms with Crippen molar-refractivity contribution in [2.45, 2.75) is 39.7 Å². The number of pyridine rings is 1. The highest BCUT2D eigenvalue weighted by Gasteiger charge is 2.49. The predicted octanol–water partition coefficient (Wildman–Crippen LogP) is 6.07. The van der Waals surface area contributed by atoms with E-state index in [4.69, 9.17) is 9.72 Å². The van der Waals surface area contributed by atoms with Gasteiger partial charge in [0, 0.05) is 6.20 Å². The molecular formula is C29H27N3O4S.